The monoisotopic (exact) mass is 292 g/mol. The van der Waals surface area contributed by atoms with E-state index in [0.717, 1.165) is 5.56 Å². The number of amides is 1. The van der Waals surface area contributed by atoms with Crippen molar-refractivity contribution in [2.24, 2.45) is 0 Å². The molecule has 1 aromatic carbocycles. The molecule has 0 saturated heterocycles. The van der Waals surface area contributed by atoms with E-state index in [0.29, 0.717) is 29.7 Å². The number of benzene rings is 1. The maximum absolute atomic E-state index is 11.7. The van der Waals surface area contributed by atoms with Gasteiger partial charge in [0.25, 0.3) is 0 Å². The van der Waals surface area contributed by atoms with E-state index in [1.165, 1.54) is 6.42 Å². The smallest absolute Gasteiger partial charge is 0.230 e. The Kier molecular flexibility index (Phi) is 5.01. The van der Waals surface area contributed by atoms with Crippen molar-refractivity contribution in [2.75, 3.05) is 6.61 Å². The minimum absolute atomic E-state index is 0.213. The van der Waals surface area contributed by atoms with Crippen LogP contribution in [0, 0.1) is 6.42 Å². The first-order valence-electron chi connectivity index (χ1n) is 6.22. The molecule has 5 nitrogen and oxygen atoms in total. The van der Waals surface area contributed by atoms with Crippen LogP contribution < -0.4 is 10.1 Å². The summed E-state index contributed by atoms with van der Waals surface area (Å²) in [4.78, 5) is 11.7. The summed E-state index contributed by atoms with van der Waals surface area (Å²) in [5.74, 6) is 0.332. The van der Waals surface area contributed by atoms with Crippen molar-refractivity contribution in [2.45, 2.75) is 13.5 Å². The van der Waals surface area contributed by atoms with E-state index in [1.54, 1.807) is 18.2 Å². The normalized spacial score (nSPS) is 10.3. The van der Waals surface area contributed by atoms with Gasteiger partial charge in [0, 0.05) is 17.6 Å². The van der Waals surface area contributed by atoms with Crippen LogP contribution in [0.1, 0.15) is 18.2 Å². The van der Waals surface area contributed by atoms with Crippen LogP contribution in [0.2, 0.25) is 5.02 Å². The number of nitrogens with zero attached hydrogens (tertiary/aromatic N) is 1. The lowest BCUT2D eigenvalue weighted by molar-refractivity contribution is -0.117. The van der Waals surface area contributed by atoms with Gasteiger partial charge >= 0.3 is 0 Å². The maximum atomic E-state index is 11.7. The molecule has 0 unspecified atom stereocenters. The molecule has 1 heterocycles. The highest BCUT2D eigenvalue weighted by molar-refractivity contribution is 6.30. The molecular weight excluding hydrogens is 278 g/mol. The van der Waals surface area contributed by atoms with Gasteiger partial charge < -0.3 is 10.1 Å². The van der Waals surface area contributed by atoms with Crippen molar-refractivity contribution in [1.82, 2.24) is 15.5 Å². The van der Waals surface area contributed by atoms with Crippen molar-refractivity contribution >= 4 is 17.5 Å². The number of rotatable bonds is 6. The van der Waals surface area contributed by atoms with Crippen molar-refractivity contribution in [3.05, 3.63) is 53.0 Å². The molecule has 0 aliphatic carbocycles. The summed E-state index contributed by atoms with van der Waals surface area (Å²) in [5.41, 5.74) is 1.51. The van der Waals surface area contributed by atoms with E-state index in [-0.39, 0.29) is 5.91 Å². The van der Waals surface area contributed by atoms with Crippen LogP contribution in [0.5, 0.6) is 5.88 Å². The average Bonchev–Trinajstić information content (AvgIpc) is 2.86. The first-order valence-corrected chi connectivity index (χ1v) is 6.60. The summed E-state index contributed by atoms with van der Waals surface area (Å²) in [6.07, 6.45) is 1.41. The fraction of sp³-hybridized carbons (Fsp3) is 0.214. The molecule has 0 fully saturated rings. The SMILES string of the molecule is CCOc1cc([CH]C(=O)NCc2ccc(Cl)cc2)n[nH]1. The quantitative estimate of drug-likeness (QED) is 0.859. The van der Waals surface area contributed by atoms with Gasteiger partial charge in [0.15, 0.2) is 0 Å². The summed E-state index contributed by atoms with van der Waals surface area (Å²) in [7, 11) is 0. The highest BCUT2D eigenvalue weighted by Gasteiger charge is 2.08. The van der Waals surface area contributed by atoms with E-state index in [1.807, 2.05) is 19.1 Å². The summed E-state index contributed by atoms with van der Waals surface area (Å²) >= 11 is 5.79. The molecule has 0 bridgehead atoms. The third-order valence-electron chi connectivity index (χ3n) is 2.53. The first-order chi connectivity index (χ1) is 9.67. The zero-order valence-corrected chi connectivity index (χ0v) is 11.8. The molecule has 0 saturated carbocycles. The number of hydrogen-bond donors (Lipinski definition) is 2. The Labute approximate surface area is 122 Å². The predicted octanol–water partition coefficient (Wildman–Crippen LogP) is 2.33. The van der Waals surface area contributed by atoms with Gasteiger partial charge in [-0.2, -0.15) is 5.10 Å². The third kappa shape index (κ3) is 4.28. The second-order valence-corrected chi connectivity index (χ2v) is 4.52. The predicted molar refractivity (Wildman–Crippen MR) is 76.5 cm³/mol. The average molecular weight is 293 g/mol. The molecule has 105 valence electrons. The lowest BCUT2D eigenvalue weighted by Crippen LogP contribution is -2.23. The number of hydrogen-bond acceptors (Lipinski definition) is 3. The summed E-state index contributed by atoms with van der Waals surface area (Å²) in [5, 5.41) is 10.1. The molecule has 0 aliphatic rings. The topological polar surface area (TPSA) is 67.0 Å². The molecule has 2 aromatic rings. The van der Waals surface area contributed by atoms with E-state index in [2.05, 4.69) is 15.5 Å². The zero-order valence-electron chi connectivity index (χ0n) is 11.0. The Balaban J connectivity index is 1.81. The second-order valence-electron chi connectivity index (χ2n) is 4.08. The minimum atomic E-state index is -0.213. The molecular formula is C14H15ClN3O2. The van der Waals surface area contributed by atoms with Crippen molar-refractivity contribution in [3.63, 3.8) is 0 Å². The Hall–Kier alpha value is -2.01. The van der Waals surface area contributed by atoms with E-state index >= 15 is 0 Å². The number of carbonyl (C=O) groups excluding carboxylic acids is 1. The highest BCUT2D eigenvalue weighted by Crippen LogP contribution is 2.11. The van der Waals surface area contributed by atoms with Gasteiger partial charge in [0.2, 0.25) is 11.8 Å². The van der Waals surface area contributed by atoms with Crippen LogP contribution in [-0.2, 0) is 11.3 Å². The molecule has 0 aliphatic heterocycles. The van der Waals surface area contributed by atoms with Crippen molar-refractivity contribution in [3.8, 4) is 5.88 Å². The van der Waals surface area contributed by atoms with Crippen LogP contribution in [0.25, 0.3) is 0 Å². The van der Waals surface area contributed by atoms with Gasteiger partial charge in [-0.25, -0.2) is 5.10 Å². The van der Waals surface area contributed by atoms with Crippen LogP contribution in [0.4, 0.5) is 0 Å². The summed E-state index contributed by atoms with van der Waals surface area (Å²) in [6.45, 7) is 2.86. The van der Waals surface area contributed by atoms with Crippen LogP contribution in [0.3, 0.4) is 0 Å². The lowest BCUT2D eigenvalue weighted by Gasteiger charge is -2.03. The number of carbonyl (C=O) groups is 1. The molecule has 1 radical (unpaired) electrons. The molecule has 0 atom stereocenters. The Morgan fingerprint density at radius 1 is 1.45 bits per heavy atom. The maximum Gasteiger partial charge on any atom is 0.230 e. The molecule has 1 amide bonds. The Morgan fingerprint density at radius 3 is 2.90 bits per heavy atom. The van der Waals surface area contributed by atoms with Crippen LogP contribution in [0.15, 0.2) is 30.3 Å². The fourth-order valence-electron chi connectivity index (χ4n) is 1.60. The second kappa shape index (κ2) is 6.96. The Bertz CT molecular complexity index is 566. The number of aromatic nitrogens is 2. The summed E-state index contributed by atoms with van der Waals surface area (Å²) in [6, 6.07) is 8.98. The van der Waals surface area contributed by atoms with Crippen LogP contribution in [-0.4, -0.2) is 22.7 Å². The van der Waals surface area contributed by atoms with Gasteiger partial charge in [0.1, 0.15) is 0 Å². The largest absolute Gasteiger partial charge is 0.478 e. The number of halogens is 1. The lowest BCUT2D eigenvalue weighted by atomic mass is 10.2. The molecule has 0 spiro atoms. The van der Waals surface area contributed by atoms with E-state index in [9.17, 15) is 4.79 Å². The van der Waals surface area contributed by atoms with Gasteiger partial charge in [0.05, 0.1) is 18.7 Å². The molecule has 2 rings (SSSR count). The first kappa shape index (κ1) is 14.4. The molecule has 20 heavy (non-hydrogen) atoms. The van der Waals surface area contributed by atoms with Crippen molar-refractivity contribution < 1.29 is 9.53 Å². The summed E-state index contributed by atoms with van der Waals surface area (Å²) < 4.78 is 5.23. The van der Waals surface area contributed by atoms with Crippen LogP contribution >= 0.6 is 11.6 Å². The van der Waals surface area contributed by atoms with E-state index in [4.69, 9.17) is 16.3 Å². The highest BCUT2D eigenvalue weighted by atomic mass is 35.5. The zero-order chi connectivity index (χ0) is 14.4. The van der Waals surface area contributed by atoms with E-state index < -0.39 is 0 Å². The number of H-pyrrole nitrogens is 1. The minimum Gasteiger partial charge on any atom is -0.478 e. The van der Waals surface area contributed by atoms with Gasteiger partial charge in [-0.15, -0.1) is 0 Å². The fourth-order valence-corrected chi connectivity index (χ4v) is 1.72. The van der Waals surface area contributed by atoms with Gasteiger partial charge in [-0.1, -0.05) is 23.7 Å². The van der Waals surface area contributed by atoms with Gasteiger partial charge in [-0.05, 0) is 24.6 Å². The standard InChI is InChI=1S/C14H15ClN3O2/c1-2-20-14-8-12(17-18-14)7-13(19)16-9-10-3-5-11(15)6-4-10/h3-8H,2,9H2,1H3,(H,16,19)(H,17,18). The number of ether oxygens (including phenoxy) is 1. The number of aromatic amines is 1. The Morgan fingerprint density at radius 2 is 2.20 bits per heavy atom. The van der Waals surface area contributed by atoms with Crippen molar-refractivity contribution in [1.29, 1.82) is 0 Å². The molecule has 6 heteroatoms. The molecule has 1 aromatic heterocycles. The third-order valence-corrected chi connectivity index (χ3v) is 2.78. The van der Waals surface area contributed by atoms with Gasteiger partial charge in [-0.3, -0.25) is 4.79 Å². The molecule has 2 N–H and O–H groups in total. The number of nitrogens with one attached hydrogen (secondary N) is 2.